The summed E-state index contributed by atoms with van der Waals surface area (Å²) in [7, 11) is 0. The quantitative estimate of drug-likeness (QED) is 0.709. The van der Waals surface area contributed by atoms with E-state index in [0.29, 0.717) is 6.42 Å². The number of carbonyl (C=O) groups is 2. The summed E-state index contributed by atoms with van der Waals surface area (Å²) in [4.78, 5) is 23.1. The standard InChI is InChI=1S/C20H23NO5/c1-15(22)25-14-19(23)18(12-16-8-4-2-5-9-16)21-20(24)26-13-17-10-6-3-7-11-17/h2-11,18-19,23H,12-14H2,1H3,(H,21,24)/t18-,19-/m0/s1. The fraction of sp³-hybridized carbons (Fsp3) is 0.300. The first kappa shape index (κ1) is 19.5. The summed E-state index contributed by atoms with van der Waals surface area (Å²) >= 11 is 0. The van der Waals surface area contributed by atoms with Crippen LogP contribution in [0.15, 0.2) is 60.7 Å². The van der Waals surface area contributed by atoms with Gasteiger partial charge in [0.2, 0.25) is 0 Å². The molecule has 0 fully saturated rings. The first-order valence-electron chi connectivity index (χ1n) is 8.37. The van der Waals surface area contributed by atoms with Gasteiger partial charge in [-0.25, -0.2) is 4.79 Å². The topological polar surface area (TPSA) is 84.9 Å². The third kappa shape index (κ3) is 6.94. The van der Waals surface area contributed by atoms with Gasteiger partial charge in [-0.2, -0.15) is 0 Å². The third-order valence-corrected chi connectivity index (χ3v) is 3.74. The molecule has 2 aromatic carbocycles. The van der Waals surface area contributed by atoms with Crippen molar-refractivity contribution in [2.45, 2.75) is 32.1 Å². The van der Waals surface area contributed by atoms with Crippen LogP contribution in [0.1, 0.15) is 18.1 Å². The third-order valence-electron chi connectivity index (χ3n) is 3.74. The zero-order valence-electron chi connectivity index (χ0n) is 14.6. The Morgan fingerprint density at radius 3 is 2.12 bits per heavy atom. The Hall–Kier alpha value is -2.86. The van der Waals surface area contributed by atoms with Crippen LogP contribution in [0.4, 0.5) is 4.79 Å². The van der Waals surface area contributed by atoms with Crippen LogP contribution in [-0.4, -0.2) is 35.9 Å². The summed E-state index contributed by atoms with van der Waals surface area (Å²) in [5, 5.41) is 13.0. The van der Waals surface area contributed by atoms with E-state index in [2.05, 4.69) is 5.32 Å². The van der Waals surface area contributed by atoms with Crippen molar-refractivity contribution in [2.24, 2.45) is 0 Å². The molecule has 0 bridgehead atoms. The lowest BCUT2D eigenvalue weighted by Gasteiger charge is -2.23. The van der Waals surface area contributed by atoms with Crippen LogP contribution in [0, 0.1) is 0 Å². The molecule has 2 atom stereocenters. The first-order valence-corrected chi connectivity index (χ1v) is 8.37. The smallest absolute Gasteiger partial charge is 0.407 e. The summed E-state index contributed by atoms with van der Waals surface area (Å²) in [5.41, 5.74) is 1.80. The number of hydrogen-bond acceptors (Lipinski definition) is 5. The van der Waals surface area contributed by atoms with Crippen molar-refractivity contribution < 1.29 is 24.2 Å². The average Bonchev–Trinajstić information content (AvgIpc) is 2.65. The molecule has 0 saturated heterocycles. The lowest BCUT2D eigenvalue weighted by atomic mass is 10.0. The number of amides is 1. The van der Waals surface area contributed by atoms with Crippen molar-refractivity contribution in [3.8, 4) is 0 Å². The van der Waals surface area contributed by atoms with E-state index < -0.39 is 24.2 Å². The van der Waals surface area contributed by atoms with Crippen LogP contribution < -0.4 is 5.32 Å². The van der Waals surface area contributed by atoms with E-state index in [1.807, 2.05) is 60.7 Å². The molecule has 0 aliphatic rings. The van der Waals surface area contributed by atoms with E-state index in [-0.39, 0.29) is 13.2 Å². The van der Waals surface area contributed by atoms with Gasteiger partial charge in [-0.1, -0.05) is 60.7 Å². The van der Waals surface area contributed by atoms with Crippen LogP contribution in [-0.2, 0) is 27.3 Å². The van der Waals surface area contributed by atoms with Gasteiger partial charge < -0.3 is 19.9 Å². The maximum atomic E-state index is 12.1. The molecule has 6 nitrogen and oxygen atoms in total. The van der Waals surface area contributed by atoms with Crippen molar-refractivity contribution in [1.82, 2.24) is 5.32 Å². The Kier molecular flexibility index (Phi) is 7.64. The molecule has 0 radical (unpaired) electrons. The highest BCUT2D eigenvalue weighted by Gasteiger charge is 2.23. The summed E-state index contributed by atoms with van der Waals surface area (Å²) in [6.45, 7) is 1.19. The van der Waals surface area contributed by atoms with Gasteiger partial charge >= 0.3 is 12.1 Å². The second-order valence-electron chi connectivity index (χ2n) is 5.87. The van der Waals surface area contributed by atoms with Gasteiger partial charge in [0.25, 0.3) is 0 Å². The maximum Gasteiger partial charge on any atom is 0.407 e. The molecule has 1 amide bonds. The molecular weight excluding hydrogens is 334 g/mol. The Balaban J connectivity index is 1.95. The molecule has 6 heteroatoms. The SMILES string of the molecule is CC(=O)OC[C@H](O)[C@H](Cc1ccccc1)NC(=O)OCc1ccccc1. The first-order chi connectivity index (χ1) is 12.5. The van der Waals surface area contributed by atoms with Gasteiger partial charge in [0.1, 0.15) is 19.3 Å². The van der Waals surface area contributed by atoms with Crippen molar-refractivity contribution in [2.75, 3.05) is 6.61 Å². The van der Waals surface area contributed by atoms with Crippen LogP contribution in [0.25, 0.3) is 0 Å². The number of esters is 1. The van der Waals surface area contributed by atoms with Gasteiger partial charge in [0.05, 0.1) is 6.04 Å². The zero-order chi connectivity index (χ0) is 18.8. The lowest BCUT2D eigenvalue weighted by molar-refractivity contribution is -0.144. The van der Waals surface area contributed by atoms with E-state index in [0.717, 1.165) is 11.1 Å². The Morgan fingerprint density at radius 1 is 0.962 bits per heavy atom. The van der Waals surface area contributed by atoms with E-state index >= 15 is 0 Å². The van der Waals surface area contributed by atoms with Crippen molar-refractivity contribution in [3.63, 3.8) is 0 Å². The van der Waals surface area contributed by atoms with Gasteiger partial charge in [0.15, 0.2) is 0 Å². The van der Waals surface area contributed by atoms with Gasteiger partial charge in [-0.3, -0.25) is 4.79 Å². The predicted molar refractivity (Wildman–Crippen MR) is 96.3 cm³/mol. The molecule has 0 aromatic heterocycles. The highest BCUT2D eigenvalue weighted by atomic mass is 16.6. The number of ether oxygens (including phenoxy) is 2. The molecule has 26 heavy (non-hydrogen) atoms. The van der Waals surface area contributed by atoms with Crippen molar-refractivity contribution in [3.05, 3.63) is 71.8 Å². The minimum absolute atomic E-state index is 0.130. The molecule has 0 saturated carbocycles. The second kappa shape index (κ2) is 10.2. The highest BCUT2D eigenvalue weighted by molar-refractivity contribution is 5.68. The maximum absolute atomic E-state index is 12.1. The van der Waals surface area contributed by atoms with E-state index in [1.54, 1.807) is 0 Å². The lowest BCUT2D eigenvalue weighted by Crippen LogP contribution is -2.47. The fourth-order valence-corrected chi connectivity index (χ4v) is 2.39. The van der Waals surface area contributed by atoms with Crippen molar-refractivity contribution in [1.29, 1.82) is 0 Å². The molecule has 0 spiro atoms. The fourth-order valence-electron chi connectivity index (χ4n) is 2.39. The van der Waals surface area contributed by atoms with Crippen LogP contribution in [0.5, 0.6) is 0 Å². The van der Waals surface area contributed by atoms with Gasteiger partial charge in [-0.05, 0) is 17.5 Å². The molecule has 0 unspecified atom stereocenters. The number of aliphatic hydroxyl groups is 1. The van der Waals surface area contributed by atoms with Gasteiger partial charge in [0, 0.05) is 6.92 Å². The summed E-state index contributed by atoms with van der Waals surface area (Å²) < 4.78 is 10.1. The molecule has 0 aliphatic carbocycles. The molecule has 0 aliphatic heterocycles. The number of carbonyl (C=O) groups excluding carboxylic acids is 2. The Labute approximate surface area is 152 Å². The number of aliphatic hydroxyl groups excluding tert-OH is 1. The molecule has 2 rings (SSSR count). The highest BCUT2D eigenvalue weighted by Crippen LogP contribution is 2.08. The predicted octanol–water partition coefficient (Wildman–Crippen LogP) is 2.45. The minimum atomic E-state index is -1.05. The Morgan fingerprint density at radius 2 is 1.54 bits per heavy atom. The summed E-state index contributed by atoms with van der Waals surface area (Å²) in [6, 6.07) is 18.1. The number of alkyl carbamates (subject to hydrolysis) is 1. The van der Waals surface area contributed by atoms with E-state index in [9.17, 15) is 14.7 Å². The van der Waals surface area contributed by atoms with Gasteiger partial charge in [-0.15, -0.1) is 0 Å². The number of rotatable bonds is 8. The molecule has 2 aromatic rings. The molecular formula is C20H23NO5. The van der Waals surface area contributed by atoms with E-state index in [4.69, 9.17) is 9.47 Å². The number of hydrogen-bond donors (Lipinski definition) is 2. The number of nitrogens with one attached hydrogen (secondary N) is 1. The van der Waals surface area contributed by atoms with Crippen LogP contribution >= 0.6 is 0 Å². The summed E-state index contributed by atoms with van der Waals surface area (Å²) in [6.07, 6.45) is -1.32. The largest absolute Gasteiger partial charge is 0.463 e. The Bertz CT molecular complexity index is 690. The molecule has 2 N–H and O–H groups in total. The monoisotopic (exact) mass is 357 g/mol. The van der Waals surface area contributed by atoms with Crippen LogP contribution in [0.2, 0.25) is 0 Å². The van der Waals surface area contributed by atoms with Crippen LogP contribution in [0.3, 0.4) is 0 Å². The molecule has 138 valence electrons. The number of benzene rings is 2. The second-order valence-corrected chi connectivity index (χ2v) is 5.87. The van der Waals surface area contributed by atoms with Crippen molar-refractivity contribution >= 4 is 12.1 Å². The summed E-state index contributed by atoms with van der Waals surface area (Å²) in [5.74, 6) is -0.492. The van der Waals surface area contributed by atoms with E-state index in [1.165, 1.54) is 6.92 Å². The minimum Gasteiger partial charge on any atom is -0.463 e. The average molecular weight is 357 g/mol. The normalized spacial score (nSPS) is 12.7. The zero-order valence-corrected chi connectivity index (χ0v) is 14.6. The molecule has 0 heterocycles.